The van der Waals surface area contributed by atoms with E-state index in [4.69, 9.17) is 23.8 Å². The molecule has 0 spiro atoms. The molecule has 2 rings (SSSR count). The molecule has 0 aromatic heterocycles. The SMILES string of the molecule is Cc1ccc(C(=O)NC(=S)NNC(=O)c2cccc(Cl)c2)cc1I. The predicted molar refractivity (Wildman–Crippen MR) is 106 cm³/mol. The van der Waals surface area contributed by atoms with Crippen LogP contribution < -0.4 is 16.2 Å². The Balaban J connectivity index is 1.89. The van der Waals surface area contributed by atoms with Gasteiger partial charge >= 0.3 is 0 Å². The summed E-state index contributed by atoms with van der Waals surface area (Å²) in [6.45, 7) is 1.96. The maximum atomic E-state index is 12.1. The van der Waals surface area contributed by atoms with E-state index in [1.54, 1.807) is 30.3 Å². The van der Waals surface area contributed by atoms with Crippen molar-refractivity contribution < 1.29 is 9.59 Å². The quantitative estimate of drug-likeness (QED) is 0.356. The van der Waals surface area contributed by atoms with E-state index < -0.39 is 5.91 Å². The molecule has 2 aromatic carbocycles. The second-order valence-corrected chi connectivity index (χ2v) is 6.84. The highest BCUT2D eigenvalue weighted by atomic mass is 127. The summed E-state index contributed by atoms with van der Waals surface area (Å²) in [5, 5.41) is 2.94. The summed E-state index contributed by atoms with van der Waals surface area (Å²) in [6, 6.07) is 11.8. The Morgan fingerprint density at radius 3 is 2.42 bits per heavy atom. The molecule has 0 heterocycles. The summed E-state index contributed by atoms with van der Waals surface area (Å²) in [6.07, 6.45) is 0. The van der Waals surface area contributed by atoms with Crippen molar-refractivity contribution >= 4 is 63.3 Å². The Morgan fingerprint density at radius 2 is 1.75 bits per heavy atom. The van der Waals surface area contributed by atoms with Gasteiger partial charge in [0.2, 0.25) is 0 Å². The first kappa shape index (κ1) is 18.6. The number of benzene rings is 2. The molecule has 2 amide bonds. The number of hydrazine groups is 1. The van der Waals surface area contributed by atoms with Gasteiger partial charge in [0.05, 0.1) is 0 Å². The number of carbonyl (C=O) groups excluding carboxylic acids is 2. The van der Waals surface area contributed by atoms with E-state index in [1.165, 1.54) is 6.07 Å². The number of hydrogen-bond acceptors (Lipinski definition) is 3. The van der Waals surface area contributed by atoms with Crippen LogP contribution in [0.3, 0.4) is 0 Å². The summed E-state index contributed by atoms with van der Waals surface area (Å²) in [7, 11) is 0. The molecule has 5 nitrogen and oxygen atoms in total. The van der Waals surface area contributed by atoms with Crippen LogP contribution in [0.15, 0.2) is 42.5 Å². The molecular weight excluding hydrogens is 461 g/mol. The van der Waals surface area contributed by atoms with Gasteiger partial charge in [-0.2, -0.15) is 0 Å². The molecule has 124 valence electrons. The molecule has 2 aromatic rings. The van der Waals surface area contributed by atoms with Gasteiger partial charge in [0, 0.05) is 19.7 Å². The fraction of sp³-hybridized carbons (Fsp3) is 0.0625. The zero-order valence-electron chi connectivity index (χ0n) is 12.5. The van der Waals surface area contributed by atoms with Gasteiger partial charge in [-0.15, -0.1) is 0 Å². The average Bonchev–Trinajstić information content (AvgIpc) is 2.55. The first-order valence-corrected chi connectivity index (χ1v) is 8.66. The summed E-state index contributed by atoms with van der Waals surface area (Å²) in [5.74, 6) is -0.776. The zero-order chi connectivity index (χ0) is 17.7. The maximum absolute atomic E-state index is 12.1. The summed E-state index contributed by atoms with van der Waals surface area (Å²) < 4.78 is 0.980. The van der Waals surface area contributed by atoms with Crippen molar-refractivity contribution in [1.29, 1.82) is 0 Å². The van der Waals surface area contributed by atoms with Gasteiger partial charge in [-0.3, -0.25) is 25.8 Å². The lowest BCUT2D eigenvalue weighted by atomic mass is 10.1. The van der Waals surface area contributed by atoms with E-state index in [1.807, 2.05) is 13.0 Å². The molecular formula is C16H13ClIN3O2S. The molecule has 0 fully saturated rings. The molecule has 24 heavy (non-hydrogen) atoms. The van der Waals surface area contributed by atoms with Gasteiger partial charge in [0.25, 0.3) is 11.8 Å². The van der Waals surface area contributed by atoms with Crippen LogP contribution in [0.4, 0.5) is 0 Å². The number of rotatable bonds is 2. The van der Waals surface area contributed by atoms with Gasteiger partial charge in [-0.1, -0.05) is 23.7 Å². The van der Waals surface area contributed by atoms with Gasteiger partial charge in [-0.05, 0) is 77.6 Å². The highest BCUT2D eigenvalue weighted by Gasteiger charge is 2.10. The molecule has 0 aliphatic carbocycles. The normalized spacial score (nSPS) is 9.96. The molecule has 0 radical (unpaired) electrons. The van der Waals surface area contributed by atoms with Crippen molar-refractivity contribution in [2.75, 3.05) is 0 Å². The van der Waals surface area contributed by atoms with Crippen molar-refractivity contribution in [3.05, 3.63) is 67.7 Å². The van der Waals surface area contributed by atoms with Crippen LogP contribution in [0.1, 0.15) is 26.3 Å². The topological polar surface area (TPSA) is 70.2 Å². The smallest absolute Gasteiger partial charge is 0.269 e. The molecule has 0 aliphatic rings. The Bertz CT molecular complexity index is 814. The first-order valence-electron chi connectivity index (χ1n) is 6.80. The number of carbonyl (C=O) groups is 2. The van der Waals surface area contributed by atoms with E-state index in [0.717, 1.165) is 9.13 Å². The molecule has 0 atom stereocenters. The summed E-state index contributed by atoms with van der Waals surface area (Å²) >= 11 is 13.0. The minimum absolute atomic E-state index is 0.00837. The molecule has 0 bridgehead atoms. The highest BCUT2D eigenvalue weighted by molar-refractivity contribution is 14.1. The van der Waals surface area contributed by atoms with E-state index in [9.17, 15) is 9.59 Å². The molecule has 3 N–H and O–H groups in total. The summed E-state index contributed by atoms with van der Waals surface area (Å²) in [5.41, 5.74) is 6.82. The van der Waals surface area contributed by atoms with Crippen molar-refractivity contribution in [3.63, 3.8) is 0 Å². The Morgan fingerprint density at radius 1 is 1.04 bits per heavy atom. The maximum Gasteiger partial charge on any atom is 0.269 e. The number of halogens is 2. The average molecular weight is 474 g/mol. The van der Waals surface area contributed by atoms with Crippen LogP contribution in [0.5, 0.6) is 0 Å². The largest absolute Gasteiger partial charge is 0.298 e. The standard InChI is InChI=1S/C16H13ClIN3O2S/c1-9-5-6-11(8-13(9)18)14(22)19-16(24)21-20-15(23)10-3-2-4-12(17)7-10/h2-8H,1H3,(H,20,23)(H2,19,21,22,24). The van der Waals surface area contributed by atoms with E-state index >= 15 is 0 Å². The van der Waals surface area contributed by atoms with Crippen LogP contribution in [-0.2, 0) is 0 Å². The summed E-state index contributed by atoms with van der Waals surface area (Å²) in [4.78, 5) is 24.0. The Kier molecular flexibility index (Phi) is 6.52. The fourth-order valence-electron chi connectivity index (χ4n) is 1.76. The lowest BCUT2D eigenvalue weighted by Crippen LogP contribution is -2.48. The van der Waals surface area contributed by atoms with Crippen molar-refractivity contribution in [1.82, 2.24) is 16.2 Å². The number of aryl methyl sites for hydroxylation is 1. The Labute approximate surface area is 163 Å². The lowest BCUT2D eigenvalue weighted by molar-refractivity contribution is 0.0934. The monoisotopic (exact) mass is 473 g/mol. The van der Waals surface area contributed by atoms with Gasteiger partial charge in [-0.25, -0.2) is 0 Å². The molecule has 0 unspecified atom stereocenters. The third-order valence-corrected chi connectivity index (χ3v) is 4.64. The van der Waals surface area contributed by atoms with Gasteiger partial charge in [0.15, 0.2) is 5.11 Å². The molecule has 0 saturated carbocycles. The second-order valence-electron chi connectivity index (χ2n) is 4.84. The number of amides is 2. The van der Waals surface area contributed by atoms with E-state index in [2.05, 4.69) is 38.8 Å². The van der Waals surface area contributed by atoms with Crippen LogP contribution in [0, 0.1) is 10.5 Å². The van der Waals surface area contributed by atoms with Crippen LogP contribution in [-0.4, -0.2) is 16.9 Å². The van der Waals surface area contributed by atoms with Gasteiger partial charge < -0.3 is 0 Å². The van der Waals surface area contributed by atoms with Crippen molar-refractivity contribution in [3.8, 4) is 0 Å². The van der Waals surface area contributed by atoms with Crippen LogP contribution in [0.25, 0.3) is 0 Å². The third-order valence-electron chi connectivity index (χ3n) is 3.04. The van der Waals surface area contributed by atoms with E-state index in [-0.39, 0.29) is 11.0 Å². The predicted octanol–water partition coefficient (Wildman–Crippen LogP) is 3.20. The molecule has 0 aliphatic heterocycles. The number of thiocarbonyl (C=S) groups is 1. The van der Waals surface area contributed by atoms with E-state index in [0.29, 0.717) is 16.1 Å². The second kappa shape index (κ2) is 8.41. The minimum Gasteiger partial charge on any atom is -0.298 e. The lowest BCUT2D eigenvalue weighted by Gasteiger charge is -2.11. The van der Waals surface area contributed by atoms with Crippen LogP contribution >= 0.6 is 46.4 Å². The zero-order valence-corrected chi connectivity index (χ0v) is 16.3. The highest BCUT2D eigenvalue weighted by Crippen LogP contribution is 2.13. The molecule has 8 heteroatoms. The third kappa shape index (κ3) is 5.15. The van der Waals surface area contributed by atoms with Crippen molar-refractivity contribution in [2.24, 2.45) is 0 Å². The number of nitrogens with one attached hydrogen (secondary N) is 3. The van der Waals surface area contributed by atoms with Crippen LogP contribution in [0.2, 0.25) is 5.02 Å². The number of hydrogen-bond donors (Lipinski definition) is 3. The van der Waals surface area contributed by atoms with Crippen molar-refractivity contribution in [2.45, 2.75) is 6.92 Å². The minimum atomic E-state index is -0.418. The fourth-order valence-corrected chi connectivity index (χ4v) is 2.61. The Hall–Kier alpha value is -1.71. The first-order chi connectivity index (χ1) is 11.4. The molecule has 0 saturated heterocycles. The van der Waals surface area contributed by atoms with Gasteiger partial charge in [0.1, 0.15) is 0 Å².